The molecule has 6 heteroatoms. The van der Waals surface area contributed by atoms with E-state index in [1.54, 1.807) is 0 Å². The van der Waals surface area contributed by atoms with Gasteiger partial charge in [-0.15, -0.1) is 0 Å². The van der Waals surface area contributed by atoms with Crippen molar-refractivity contribution in [3.05, 3.63) is 0 Å². The second-order valence-corrected chi connectivity index (χ2v) is 6.13. The second kappa shape index (κ2) is 5.16. The zero-order valence-electron chi connectivity index (χ0n) is 9.94. The average molecular weight is 257 g/mol. The number of amides is 3. The van der Waals surface area contributed by atoms with Gasteiger partial charge in [-0.2, -0.15) is 11.8 Å². The van der Waals surface area contributed by atoms with Gasteiger partial charge in [0.05, 0.1) is 12.1 Å². The zero-order valence-corrected chi connectivity index (χ0v) is 10.8. The van der Waals surface area contributed by atoms with E-state index in [9.17, 15) is 9.59 Å². The van der Waals surface area contributed by atoms with Crippen LogP contribution in [0.1, 0.15) is 26.2 Å². The van der Waals surface area contributed by atoms with Gasteiger partial charge < -0.3 is 16.4 Å². The fourth-order valence-corrected chi connectivity index (χ4v) is 3.95. The summed E-state index contributed by atoms with van der Waals surface area (Å²) in [4.78, 5) is 22.1. The van der Waals surface area contributed by atoms with Gasteiger partial charge >= 0.3 is 6.03 Å². The molecule has 0 radical (unpaired) electrons. The molecule has 0 aromatic carbocycles. The topological polar surface area (TPSA) is 84.2 Å². The van der Waals surface area contributed by atoms with E-state index in [4.69, 9.17) is 5.73 Å². The van der Waals surface area contributed by atoms with Crippen molar-refractivity contribution in [2.24, 2.45) is 11.7 Å². The van der Waals surface area contributed by atoms with Crippen LogP contribution in [0.3, 0.4) is 0 Å². The molecule has 2 saturated heterocycles. The minimum absolute atomic E-state index is 0.0456. The molecule has 2 aliphatic rings. The van der Waals surface area contributed by atoms with Crippen molar-refractivity contribution in [1.82, 2.24) is 10.6 Å². The van der Waals surface area contributed by atoms with E-state index in [0.29, 0.717) is 5.25 Å². The Bertz CT molecular complexity index is 324. The molecule has 17 heavy (non-hydrogen) atoms. The van der Waals surface area contributed by atoms with Crippen LogP contribution in [0, 0.1) is 5.92 Å². The molecule has 0 spiro atoms. The van der Waals surface area contributed by atoms with E-state index >= 15 is 0 Å². The summed E-state index contributed by atoms with van der Waals surface area (Å²) < 4.78 is 0. The van der Waals surface area contributed by atoms with Gasteiger partial charge in [0, 0.05) is 16.9 Å². The summed E-state index contributed by atoms with van der Waals surface area (Å²) >= 11 is 1.90. The maximum absolute atomic E-state index is 11.2. The van der Waals surface area contributed by atoms with Crippen molar-refractivity contribution in [1.29, 1.82) is 0 Å². The summed E-state index contributed by atoms with van der Waals surface area (Å²) in [6.45, 7) is 1.87. The van der Waals surface area contributed by atoms with Crippen LogP contribution in [0.25, 0.3) is 0 Å². The summed E-state index contributed by atoms with van der Waals surface area (Å²) in [5.74, 6) is 0.714. The van der Waals surface area contributed by atoms with Gasteiger partial charge in [-0.3, -0.25) is 4.79 Å². The van der Waals surface area contributed by atoms with Crippen molar-refractivity contribution >= 4 is 23.7 Å². The van der Waals surface area contributed by atoms with Gasteiger partial charge in [-0.1, -0.05) is 13.3 Å². The number of carbonyl (C=O) groups is 2. The molecule has 0 aromatic heterocycles. The molecule has 0 aliphatic carbocycles. The van der Waals surface area contributed by atoms with Gasteiger partial charge in [0.2, 0.25) is 5.91 Å². The second-order valence-electron chi connectivity index (χ2n) is 4.86. The molecule has 2 heterocycles. The highest BCUT2D eigenvalue weighted by atomic mass is 32.2. The zero-order chi connectivity index (χ0) is 12.4. The molecule has 1 unspecified atom stereocenters. The quantitative estimate of drug-likeness (QED) is 0.625. The van der Waals surface area contributed by atoms with Crippen molar-refractivity contribution in [2.75, 3.05) is 5.75 Å². The molecule has 2 fully saturated rings. The Kier molecular flexibility index (Phi) is 3.81. The highest BCUT2D eigenvalue weighted by Gasteiger charge is 2.42. The largest absolute Gasteiger partial charge is 0.369 e. The molecular weight excluding hydrogens is 238 g/mol. The summed E-state index contributed by atoms with van der Waals surface area (Å²) in [5, 5.41) is 6.35. The molecule has 5 nitrogen and oxygen atoms in total. The Hall–Kier alpha value is -0.910. The number of nitrogens with two attached hydrogens (primary N) is 1. The first-order chi connectivity index (χ1) is 8.08. The molecule has 0 saturated carbocycles. The van der Waals surface area contributed by atoms with Crippen LogP contribution in [-0.2, 0) is 4.79 Å². The Balaban J connectivity index is 1.73. The lowest BCUT2D eigenvalue weighted by molar-refractivity contribution is -0.121. The van der Waals surface area contributed by atoms with Gasteiger partial charge in [0.1, 0.15) is 0 Å². The fourth-order valence-electron chi connectivity index (χ4n) is 2.41. The van der Waals surface area contributed by atoms with Gasteiger partial charge in [0.15, 0.2) is 0 Å². The predicted molar refractivity (Wildman–Crippen MR) is 67.7 cm³/mol. The standard InChI is InChI=1S/C11H19N3O2S/c1-6(10(12)15)3-2-4-8-9-7(5-17-8)13-11(16)14-9/h6-9H,2-5H2,1H3,(H2,12,15)(H2,13,14,16)/t6?,7-,8-,9-/m0/s1. The highest BCUT2D eigenvalue weighted by molar-refractivity contribution is 8.00. The van der Waals surface area contributed by atoms with Crippen molar-refractivity contribution in [3.63, 3.8) is 0 Å². The number of carbonyl (C=O) groups excluding carboxylic acids is 2. The number of nitrogens with one attached hydrogen (secondary N) is 2. The summed E-state index contributed by atoms with van der Waals surface area (Å²) in [7, 11) is 0. The minimum Gasteiger partial charge on any atom is -0.369 e. The normalized spacial score (nSPS) is 32.8. The number of primary amides is 1. The molecular formula is C11H19N3O2S. The van der Waals surface area contributed by atoms with Crippen molar-refractivity contribution in [3.8, 4) is 0 Å². The Morgan fingerprint density at radius 2 is 2.35 bits per heavy atom. The van der Waals surface area contributed by atoms with Crippen LogP contribution >= 0.6 is 11.8 Å². The third-order valence-electron chi connectivity index (χ3n) is 3.55. The van der Waals surface area contributed by atoms with Crippen LogP contribution in [0.15, 0.2) is 0 Å². The number of fused-ring (bicyclic) bond motifs is 1. The number of thioether (sulfide) groups is 1. The number of urea groups is 1. The van der Waals surface area contributed by atoms with E-state index in [-0.39, 0.29) is 29.9 Å². The van der Waals surface area contributed by atoms with E-state index in [1.807, 2.05) is 18.7 Å². The third kappa shape index (κ3) is 2.86. The molecule has 2 rings (SSSR count). The molecule has 0 bridgehead atoms. The molecule has 0 aromatic rings. The third-order valence-corrected chi connectivity index (χ3v) is 5.06. The van der Waals surface area contributed by atoms with Crippen LogP contribution in [-0.4, -0.2) is 35.0 Å². The maximum atomic E-state index is 11.2. The van der Waals surface area contributed by atoms with Crippen molar-refractivity contribution in [2.45, 2.75) is 43.5 Å². The van der Waals surface area contributed by atoms with Crippen LogP contribution in [0.2, 0.25) is 0 Å². The summed E-state index contributed by atoms with van der Waals surface area (Å²) in [6, 6.07) is 0.498. The first-order valence-corrected chi connectivity index (χ1v) is 7.10. The highest BCUT2D eigenvalue weighted by Crippen LogP contribution is 2.33. The SMILES string of the molecule is CC(CCC[C@@H]1SC[C@@H]2NC(=O)N[C@@H]21)C(N)=O. The van der Waals surface area contributed by atoms with E-state index in [2.05, 4.69) is 10.6 Å². The lowest BCUT2D eigenvalue weighted by Crippen LogP contribution is -2.36. The van der Waals surface area contributed by atoms with Gasteiger partial charge in [-0.05, 0) is 12.8 Å². The van der Waals surface area contributed by atoms with Gasteiger partial charge in [0.25, 0.3) is 0 Å². The minimum atomic E-state index is -0.224. The molecule has 96 valence electrons. The smallest absolute Gasteiger partial charge is 0.315 e. The average Bonchev–Trinajstić information content (AvgIpc) is 2.78. The predicted octanol–water partition coefficient (Wildman–Crippen LogP) is 0.444. The van der Waals surface area contributed by atoms with Crippen LogP contribution in [0.5, 0.6) is 0 Å². The molecule has 3 amide bonds. The fraction of sp³-hybridized carbons (Fsp3) is 0.818. The van der Waals surface area contributed by atoms with E-state index in [1.165, 1.54) is 0 Å². The lowest BCUT2D eigenvalue weighted by atomic mass is 9.99. The van der Waals surface area contributed by atoms with Crippen molar-refractivity contribution < 1.29 is 9.59 Å². The Labute approximate surface area is 105 Å². The molecule has 4 atom stereocenters. The Morgan fingerprint density at radius 3 is 3.06 bits per heavy atom. The number of rotatable bonds is 5. The van der Waals surface area contributed by atoms with Crippen LogP contribution < -0.4 is 16.4 Å². The summed E-state index contributed by atoms with van der Waals surface area (Å²) in [5.41, 5.74) is 5.22. The monoisotopic (exact) mass is 257 g/mol. The first-order valence-electron chi connectivity index (χ1n) is 6.06. The van der Waals surface area contributed by atoms with E-state index < -0.39 is 0 Å². The van der Waals surface area contributed by atoms with Gasteiger partial charge in [-0.25, -0.2) is 4.79 Å². The molecule has 2 aliphatic heterocycles. The van der Waals surface area contributed by atoms with E-state index in [0.717, 1.165) is 25.0 Å². The number of hydrogen-bond acceptors (Lipinski definition) is 3. The molecule has 4 N–H and O–H groups in total. The van der Waals surface area contributed by atoms with Crippen LogP contribution in [0.4, 0.5) is 4.79 Å². The summed E-state index contributed by atoms with van der Waals surface area (Å²) in [6.07, 6.45) is 2.86. The lowest BCUT2D eigenvalue weighted by Gasteiger charge is -2.17. The first kappa shape index (κ1) is 12.5. The number of hydrogen-bond donors (Lipinski definition) is 3. The maximum Gasteiger partial charge on any atom is 0.315 e. The Morgan fingerprint density at radius 1 is 1.59 bits per heavy atom.